The summed E-state index contributed by atoms with van der Waals surface area (Å²) in [7, 11) is 0. The van der Waals surface area contributed by atoms with Crippen LogP contribution in [0.1, 0.15) is 22.6 Å². The summed E-state index contributed by atoms with van der Waals surface area (Å²) in [5, 5.41) is 17.9. The zero-order chi connectivity index (χ0) is 18.1. The number of hydrogen-bond acceptors (Lipinski definition) is 4. The summed E-state index contributed by atoms with van der Waals surface area (Å²) in [5.74, 6) is -0.175. The van der Waals surface area contributed by atoms with Crippen molar-refractivity contribution >= 4 is 5.91 Å². The minimum absolute atomic E-state index is 0.175. The molecule has 3 aromatic rings. The van der Waals surface area contributed by atoms with E-state index in [-0.39, 0.29) is 5.91 Å². The third-order valence-corrected chi connectivity index (χ3v) is 4.77. The summed E-state index contributed by atoms with van der Waals surface area (Å²) in [5.41, 5.74) is 4.16. The highest BCUT2D eigenvalue weighted by molar-refractivity contribution is 5.93. The van der Waals surface area contributed by atoms with Crippen molar-refractivity contribution in [3.05, 3.63) is 66.0 Å². The second-order valence-corrected chi connectivity index (χ2v) is 6.54. The first-order valence-corrected chi connectivity index (χ1v) is 8.69. The highest BCUT2D eigenvalue weighted by Gasteiger charge is 2.29. The lowest BCUT2D eigenvalue weighted by Gasteiger charge is -2.14. The van der Waals surface area contributed by atoms with Gasteiger partial charge in [-0.1, -0.05) is 47.7 Å². The molecule has 0 unspecified atom stereocenters. The lowest BCUT2D eigenvalue weighted by molar-refractivity contribution is 0.0758. The maximum absolute atomic E-state index is 12.6. The molecule has 1 atom stereocenters. The Morgan fingerprint density at radius 3 is 2.42 bits per heavy atom. The fraction of sp³-hybridized carbons (Fsp3) is 0.250. The van der Waals surface area contributed by atoms with E-state index in [1.54, 1.807) is 9.58 Å². The molecule has 6 nitrogen and oxygen atoms in total. The van der Waals surface area contributed by atoms with E-state index in [2.05, 4.69) is 22.4 Å². The van der Waals surface area contributed by atoms with Gasteiger partial charge in [-0.05, 0) is 36.6 Å². The molecule has 1 amide bonds. The number of nitrogens with zero attached hydrogens (tertiary/aromatic N) is 4. The van der Waals surface area contributed by atoms with Crippen LogP contribution in [0.3, 0.4) is 0 Å². The average Bonchev–Trinajstić information content (AvgIpc) is 3.28. The standard InChI is InChI=1S/C20H20N4O2/c1-14-19(20(26)23-12-11-18(25)13-23)21-22-24(14)17-9-7-16(8-10-17)15-5-3-2-4-6-15/h2-10,18,25H,11-13H2,1H3/t18-/m1/s1. The second kappa shape index (κ2) is 6.72. The fourth-order valence-electron chi connectivity index (χ4n) is 3.27. The number of aromatic nitrogens is 3. The summed E-state index contributed by atoms with van der Waals surface area (Å²) in [6.07, 6.45) is 0.166. The van der Waals surface area contributed by atoms with Crippen LogP contribution in [0.5, 0.6) is 0 Å². The molecule has 1 saturated heterocycles. The second-order valence-electron chi connectivity index (χ2n) is 6.54. The third-order valence-electron chi connectivity index (χ3n) is 4.77. The van der Waals surface area contributed by atoms with Gasteiger partial charge < -0.3 is 10.0 Å². The number of hydrogen-bond donors (Lipinski definition) is 1. The van der Waals surface area contributed by atoms with Crippen molar-refractivity contribution in [1.29, 1.82) is 0 Å². The minimum atomic E-state index is -0.445. The average molecular weight is 348 g/mol. The molecule has 4 rings (SSSR count). The van der Waals surface area contributed by atoms with Gasteiger partial charge in [-0.25, -0.2) is 4.68 Å². The molecule has 2 heterocycles. The molecule has 0 spiro atoms. The highest BCUT2D eigenvalue weighted by Crippen LogP contribution is 2.22. The number of carbonyl (C=O) groups is 1. The van der Waals surface area contributed by atoms with Gasteiger partial charge in [0.05, 0.1) is 17.5 Å². The molecule has 0 saturated carbocycles. The molecule has 1 aliphatic heterocycles. The number of aliphatic hydroxyl groups excluding tert-OH is 1. The van der Waals surface area contributed by atoms with Gasteiger partial charge in [-0.2, -0.15) is 0 Å². The van der Waals surface area contributed by atoms with Crippen molar-refractivity contribution in [2.75, 3.05) is 13.1 Å². The molecule has 2 aromatic carbocycles. The largest absolute Gasteiger partial charge is 0.391 e. The van der Waals surface area contributed by atoms with E-state index in [4.69, 9.17) is 0 Å². The van der Waals surface area contributed by atoms with Crippen molar-refractivity contribution in [3.8, 4) is 16.8 Å². The van der Waals surface area contributed by atoms with Crippen LogP contribution in [-0.2, 0) is 0 Å². The van der Waals surface area contributed by atoms with Crippen molar-refractivity contribution < 1.29 is 9.90 Å². The first-order valence-electron chi connectivity index (χ1n) is 8.69. The molecule has 26 heavy (non-hydrogen) atoms. The van der Waals surface area contributed by atoms with Crippen LogP contribution in [0, 0.1) is 6.92 Å². The number of likely N-dealkylation sites (tertiary alicyclic amines) is 1. The molecular weight excluding hydrogens is 328 g/mol. The third kappa shape index (κ3) is 2.99. The molecule has 1 aromatic heterocycles. The number of aliphatic hydroxyl groups is 1. The molecule has 0 bridgehead atoms. The molecule has 0 radical (unpaired) electrons. The van der Waals surface area contributed by atoms with Crippen molar-refractivity contribution in [1.82, 2.24) is 19.9 Å². The maximum Gasteiger partial charge on any atom is 0.276 e. The number of rotatable bonds is 3. The summed E-state index contributed by atoms with van der Waals surface area (Å²) < 4.78 is 1.68. The first-order chi connectivity index (χ1) is 12.6. The summed E-state index contributed by atoms with van der Waals surface area (Å²) >= 11 is 0. The minimum Gasteiger partial charge on any atom is -0.391 e. The van der Waals surface area contributed by atoms with E-state index < -0.39 is 6.10 Å². The SMILES string of the molecule is Cc1c(C(=O)N2CC[C@@H](O)C2)nnn1-c1ccc(-c2ccccc2)cc1. The Hall–Kier alpha value is -2.99. The van der Waals surface area contributed by atoms with Crippen LogP contribution in [0.15, 0.2) is 54.6 Å². The number of carbonyl (C=O) groups excluding carboxylic acids is 1. The van der Waals surface area contributed by atoms with Gasteiger partial charge in [0, 0.05) is 13.1 Å². The smallest absolute Gasteiger partial charge is 0.276 e. The van der Waals surface area contributed by atoms with Crippen LogP contribution in [-0.4, -0.2) is 50.1 Å². The van der Waals surface area contributed by atoms with Crippen molar-refractivity contribution in [3.63, 3.8) is 0 Å². The van der Waals surface area contributed by atoms with Crippen LogP contribution in [0.2, 0.25) is 0 Å². The molecule has 0 aliphatic carbocycles. The van der Waals surface area contributed by atoms with Crippen LogP contribution in [0.4, 0.5) is 0 Å². The van der Waals surface area contributed by atoms with Gasteiger partial charge in [0.15, 0.2) is 5.69 Å². The Balaban J connectivity index is 1.59. The topological polar surface area (TPSA) is 71.2 Å². The van der Waals surface area contributed by atoms with Gasteiger partial charge in [0.25, 0.3) is 5.91 Å². The Morgan fingerprint density at radius 1 is 1.08 bits per heavy atom. The van der Waals surface area contributed by atoms with Crippen LogP contribution >= 0.6 is 0 Å². The van der Waals surface area contributed by atoms with Crippen molar-refractivity contribution in [2.45, 2.75) is 19.4 Å². The van der Waals surface area contributed by atoms with E-state index >= 15 is 0 Å². The van der Waals surface area contributed by atoms with E-state index in [9.17, 15) is 9.90 Å². The predicted octanol–water partition coefficient (Wildman–Crippen LogP) is 2.45. The van der Waals surface area contributed by atoms with Gasteiger partial charge in [-0.15, -0.1) is 5.10 Å². The summed E-state index contributed by atoms with van der Waals surface area (Å²) in [6.45, 7) is 2.75. The quantitative estimate of drug-likeness (QED) is 0.789. The summed E-state index contributed by atoms with van der Waals surface area (Å²) in [4.78, 5) is 14.2. The lowest BCUT2D eigenvalue weighted by atomic mass is 10.1. The Morgan fingerprint density at radius 2 is 1.77 bits per heavy atom. The van der Waals surface area contributed by atoms with E-state index in [0.29, 0.717) is 30.9 Å². The molecule has 132 valence electrons. The van der Waals surface area contributed by atoms with Crippen LogP contribution in [0.25, 0.3) is 16.8 Å². The lowest BCUT2D eigenvalue weighted by Crippen LogP contribution is -2.30. The van der Waals surface area contributed by atoms with Crippen molar-refractivity contribution in [2.24, 2.45) is 0 Å². The normalized spacial score (nSPS) is 16.8. The maximum atomic E-state index is 12.6. The Labute approximate surface area is 151 Å². The van der Waals surface area contributed by atoms with Gasteiger partial charge >= 0.3 is 0 Å². The number of benzene rings is 2. The molecule has 6 heteroatoms. The Bertz CT molecular complexity index is 919. The van der Waals surface area contributed by atoms with Crippen LogP contribution < -0.4 is 0 Å². The zero-order valence-electron chi connectivity index (χ0n) is 14.5. The number of amides is 1. The fourth-order valence-corrected chi connectivity index (χ4v) is 3.27. The first kappa shape index (κ1) is 16.5. The molecular formula is C20H20N4O2. The molecule has 1 fully saturated rings. The van der Waals surface area contributed by atoms with E-state index in [1.165, 1.54) is 0 Å². The monoisotopic (exact) mass is 348 g/mol. The molecule has 1 N–H and O–H groups in total. The summed E-state index contributed by atoms with van der Waals surface area (Å²) in [6, 6.07) is 18.2. The number of β-amino-alcohol motifs (C(OH)–C–C–N with tert-alkyl or cyclic N) is 1. The zero-order valence-corrected chi connectivity index (χ0v) is 14.5. The van der Waals surface area contributed by atoms with Gasteiger partial charge in [-0.3, -0.25) is 4.79 Å². The predicted molar refractivity (Wildman–Crippen MR) is 98.1 cm³/mol. The van der Waals surface area contributed by atoms with E-state index in [0.717, 1.165) is 16.8 Å². The highest BCUT2D eigenvalue weighted by atomic mass is 16.3. The van der Waals surface area contributed by atoms with Gasteiger partial charge in [0.1, 0.15) is 0 Å². The van der Waals surface area contributed by atoms with Gasteiger partial charge in [0.2, 0.25) is 0 Å². The van der Waals surface area contributed by atoms with E-state index in [1.807, 2.05) is 49.4 Å². The Kier molecular flexibility index (Phi) is 4.26. The molecule has 1 aliphatic rings.